The number of carbonyl (C=O) groups is 2. The number of ether oxygens (including phenoxy) is 1. The molecule has 1 atom stereocenters. The average molecular weight is 383 g/mol. The normalized spacial score (nSPS) is 12.0. The maximum atomic E-state index is 12.6. The minimum Gasteiger partial charge on any atom is -0.489 e. The highest BCUT2D eigenvalue weighted by atomic mass is 16.5. The van der Waals surface area contributed by atoms with Gasteiger partial charge >= 0.3 is 0 Å². The topological polar surface area (TPSA) is 128 Å². The number of aliphatic hydroxyl groups excluding tert-OH is 1. The molecule has 8 nitrogen and oxygen atoms in total. The zero-order valence-corrected chi connectivity index (χ0v) is 15.6. The Morgan fingerprint density at radius 3 is 2.79 bits per heavy atom. The van der Waals surface area contributed by atoms with E-state index in [1.807, 2.05) is 19.1 Å². The number of nitrogens with two attached hydrogens (primary N) is 1. The van der Waals surface area contributed by atoms with Crippen molar-refractivity contribution in [3.63, 3.8) is 0 Å². The van der Waals surface area contributed by atoms with Crippen molar-refractivity contribution in [1.29, 1.82) is 0 Å². The first-order valence-electron chi connectivity index (χ1n) is 8.68. The fourth-order valence-corrected chi connectivity index (χ4v) is 2.84. The fourth-order valence-electron chi connectivity index (χ4n) is 2.84. The molecule has 0 radical (unpaired) electrons. The first kappa shape index (κ1) is 19.4. The van der Waals surface area contributed by atoms with E-state index < -0.39 is 24.5 Å². The highest BCUT2D eigenvalue weighted by molar-refractivity contribution is 6.08. The Bertz CT molecular complexity index is 1030. The zero-order chi connectivity index (χ0) is 20.3. The van der Waals surface area contributed by atoms with Crippen molar-refractivity contribution in [2.75, 3.05) is 6.61 Å². The van der Waals surface area contributed by atoms with Gasteiger partial charge in [-0.15, -0.1) is 0 Å². The maximum absolute atomic E-state index is 12.6. The summed E-state index contributed by atoms with van der Waals surface area (Å²) in [6.07, 6.45) is 1.72. The SMILES string of the molecule is Cc1ncccc1COc1ccc2oc(C)c(C(=O)NC(CO)C(N)=O)c2c1. The first-order valence-corrected chi connectivity index (χ1v) is 8.68. The Kier molecular flexibility index (Phi) is 5.60. The van der Waals surface area contributed by atoms with E-state index in [-0.39, 0.29) is 5.56 Å². The Labute approximate surface area is 161 Å². The molecule has 0 spiro atoms. The molecule has 0 saturated heterocycles. The van der Waals surface area contributed by atoms with Crippen LogP contribution in [0.4, 0.5) is 0 Å². The van der Waals surface area contributed by atoms with E-state index in [0.29, 0.717) is 29.1 Å². The molecular formula is C20H21N3O5. The maximum Gasteiger partial charge on any atom is 0.256 e. The van der Waals surface area contributed by atoms with Gasteiger partial charge in [-0.2, -0.15) is 0 Å². The molecule has 0 aliphatic carbocycles. The summed E-state index contributed by atoms with van der Waals surface area (Å²) in [5.41, 5.74) is 7.77. The molecule has 1 unspecified atom stereocenters. The van der Waals surface area contributed by atoms with Crippen LogP contribution in [-0.2, 0) is 11.4 Å². The number of amides is 2. The molecule has 3 aromatic rings. The molecule has 0 bridgehead atoms. The van der Waals surface area contributed by atoms with Gasteiger partial charge in [0.15, 0.2) is 0 Å². The smallest absolute Gasteiger partial charge is 0.256 e. The molecule has 2 amide bonds. The van der Waals surface area contributed by atoms with Crippen LogP contribution < -0.4 is 15.8 Å². The second kappa shape index (κ2) is 8.10. The highest BCUT2D eigenvalue weighted by Gasteiger charge is 2.23. The lowest BCUT2D eigenvalue weighted by atomic mass is 10.1. The highest BCUT2D eigenvalue weighted by Crippen LogP contribution is 2.29. The zero-order valence-electron chi connectivity index (χ0n) is 15.6. The Morgan fingerprint density at radius 1 is 1.32 bits per heavy atom. The minimum atomic E-state index is -1.18. The predicted molar refractivity (Wildman–Crippen MR) is 102 cm³/mol. The molecule has 2 heterocycles. The molecule has 1 aromatic carbocycles. The summed E-state index contributed by atoms with van der Waals surface area (Å²) < 4.78 is 11.5. The van der Waals surface area contributed by atoms with Gasteiger partial charge < -0.3 is 25.3 Å². The van der Waals surface area contributed by atoms with Gasteiger partial charge in [0.1, 0.15) is 29.7 Å². The van der Waals surface area contributed by atoms with Gasteiger partial charge in [-0.25, -0.2) is 0 Å². The minimum absolute atomic E-state index is 0.262. The molecule has 3 rings (SSSR count). The molecule has 0 fully saturated rings. The quantitative estimate of drug-likeness (QED) is 0.569. The number of pyridine rings is 1. The lowest BCUT2D eigenvalue weighted by molar-refractivity contribution is -0.120. The Morgan fingerprint density at radius 2 is 2.11 bits per heavy atom. The van der Waals surface area contributed by atoms with Crippen LogP contribution in [0.5, 0.6) is 5.75 Å². The second-order valence-corrected chi connectivity index (χ2v) is 6.34. The number of nitrogens with one attached hydrogen (secondary N) is 1. The summed E-state index contributed by atoms with van der Waals surface area (Å²) in [7, 11) is 0. The number of fused-ring (bicyclic) bond motifs is 1. The van der Waals surface area contributed by atoms with Gasteiger partial charge in [-0.1, -0.05) is 6.07 Å². The van der Waals surface area contributed by atoms with Gasteiger partial charge in [0.2, 0.25) is 5.91 Å². The molecule has 4 N–H and O–H groups in total. The van der Waals surface area contributed by atoms with E-state index in [9.17, 15) is 14.7 Å². The van der Waals surface area contributed by atoms with Crippen LogP contribution in [0.25, 0.3) is 11.0 Å². The molecule has 146 valence electrons. The van der Waals surface area contributed by atoms with E-state index in [0.717, 1.165) is 11.3 Å². The standard InChI is InChI=1S/C20H21N3O5/c1-11-13(4-3-7-22-11)10-27-14-5-6-17-15(8-14)18(12(2)28-17)20(26)23-16(9-24)19(21)25/h3-8,16,24H,9-10H2,1-2H3,(H2,21,25)(H,23,26). The van der Waals surface area contributed by atoms with E-state index in [1.54, 1.807) is 31.3 Å². The third-order valence-electron chi connectivity index (χ3n) is 4.40. The van der Waals surface area contributed by atoms with Gasteiger partial charge in [0, 0.05) is 22.8 Å². The van der Waals surface area contributed by atoms with Crippen LogP contribution >= 0.6 is 0 Å². The summed E-state index contributed by atoms with van der Waals surface area (Å²) in [4.78, 5) is 28.1. The third-order valence-corrected chi connectivity index (χ3v) is 4.40. The summed E-state index contributed by atoms with van der Waals surface area (Å²) in [5, 5.41) is 12.2. The van der Waals surface area contributed by atoms with E-state index in [1.165, 1.54) is 0 Å². The second-order valence-electron chi connectivity index (χ2n) is 6.34. The van der Waals surface area contributed by atoms with Gasteiger partial charge in [0.05, 0.1) is 12.2 Å². The lowest BCUT2D eigenvalue weighted by Gasteiger charge is -2.12. The van der Waals surface area contributed by atoms with Crippen LogP contribution in [0, 0.1) is 13.8 Å². The number of furan rings is 1. The van der Waals surface area contributed by atoms with Crippen LogP contribution in [0.15, 0.2) is 40.9 Å². The summed E-state index contributed by atoms with van der Waals surface area (Å²) in [5.74, 6) is -0.445. The molecule has 0 aliphatic rings. The van der Waals surface area contributed by atoms with Crippen molar-refractivity contribution in [3.05, 3.63) is 59.1 Å². The van der Waals surface area contributed by atoms with E-state index in [2.05, 4.69) is 10.3 Å². The molecule has 0 saturated carbocycles. The van der Waals surface area contributed by atoms with Crippen molar-refractivity contribution >= 4 is 22.8 Å². The number of rotatable bonds is 7. The number of hydrogen-bond acceptors (Lipinski definition) is 6. The monoisotopic (exact) mass is 383 g/mol. The van der Waals surface area contributed by atoms with Crippen molar-refractivity contribution in [3.8, 4) is 5.75 Å². The number of primary amides is 1. The number of nitrogens with zero attached hydrogens (tertiary/aromatic N) is 1. The van der Waals surface area contributed by atoms with Crippen LogP contribution in [0.3, 0.4) is 0 Å². The molecule has 8 heteroatoms. The Balaban J connectivity index is 1.86. The predicted octanol–water partition coefficient (Wildman–Crippen LogP) is 1.60. The number of aryl methyl sites for hydroxylation is 2. The molecule has 2 aromatic heterocycles. The summed E-state index contributed by atoms with van der Waals surface area (Å²) in [6.45, 7) is 3.29. The number of aliphatic hydroxyl groups is 1. The van der Waals surface area contributed by atoms with Crippen LogP contribution in [0.2, 0.25) is 0 Å². The number of carbonyl (C=O) groups excluding carboxylic acids is 2. The molecular weight excluding hydrogens is 362 g/mol. The van der Waals surface area contributed by atoms with Crippen LogP contribution in [-0.4, -0.2) is 34.6 Å². The van der Waals surface area contributed by atoms with Gasteiger partial charge in [-0.3, -0.25) is 14.6 Å². The van der Waals surface area contributed by atoms with Gasteiger partial charge in [0.25, 0.3) is 5.91 Å². The van der Waals surface area contributed by atoms with Crippen molar-refractivity contribution in [1.82, 2.24) is 10.3 Å². The Hall–Kier alpha value is -3.39. The number of aromatic nitrogens is 1. The molecule has 28 heavy (non-hydrogen) atoms. The van der Waals surface area contributed by atoms with Crippen molar-refractivity contribution in [2.24, 2.45) is 5.73 Å². The van der Waals surface area contributed by atoms with E-state index >= 15 is 0 Å². The van der Waals surface area contributed by atoms with Crippen molar-refractivity contribution < 1.29 is 23.8 Å². The molecule has 0 aliphatic heterocycles. The summed E-state index contributed by atoms with van der Waals surface area (Å²) >= 11 is 0. The third kappa shape index (κ3) is 3.96. The number of hydrogen-bond donors (Lipinski definition) is 3. The van der Waals surface area contributed by atoms with Crippen molar-refractivity contribution in [2.45, 2.75) is 26.5 Å². The number of benzene rings is 1. The van der Waals surface area contributed by atoms with Crippen LogP contribution in [0.1, 0.15) is 27.4 Å². The van der Waals surface area contributed by atoms with E-state index in [4.69, 9.17) is 14.9 Å². The lowest BCUT2D eigenvalue weighted by Crippen LogP contribution is -2.46. The van der Waals surface area contributed by atoms with Gasteiger partial charge in [-0.05, 0) is 38.1 Å². The summed E-state index contributed by atoms with van der Waals surface area (Å²) in [6, 6.07) is 7.75. The fraction of sp³-hybridized carbons (Fsp3) is 0.250. The first-order chi connectivity index (χ1) is 13.4. The average Bonchev–Trinajstić information content (AvgIpc) is 3.00. The largest absolute Gasteiger partial charge is 0.489 e.